The normalized spacial score (nSPS) is 12.8. The number of aryl methyl sites for hydroxylation is 2. The van der Waals surface area contributed by atoms with Gasteiger partial charge < -0.3 is 5.11 Å². The van der Waals surface area contributed by atoms with Gasteiger partial charge in [-0.2, -0.15) is 5.10 Å². The van der Waals surface area contributed by atoms with Crippen LogP contribution in [0.15, 0.2) is 0 Å². The van der Waals surface area contributed by atoms with Gasteiger partial charge in [0.25, 0.3) is 0 Å². The Balaban J connectivity index is 2.59. The molecule has 0 aliphatic rings. The Labute approximate surface area is 82.8 Å². The van der Waals surface area contributed by atoms with Crippen LogP contribution in [-0.2, 0) is 18.3 Å². The molecule has 1 aromatic rings. The van der Waals surface area contributed by atoms with Crippen LogP contribution in [-0.4, -0.2) is 25.8 Å². The summed E-state index contributed by atoms with van der Waals surface area (Å²) in [6.45, 7) is 3.73. The first kappa shape index (κ1) is 10.7. The average Bonchev–Trinajstić information content (AvgIpc) is 2.28. The fourth-order valence-corrected chi connectivity index (χ4v) is 1.42. The standard InChI is InChI=1S/C9H15N3O2/c1-6(5-9(13)14)4-8-10-7(2)11-12(8)3/h6H,4-5H2,1-3H3,(H,13,14). The molecule has 0 saturated carbocycles. The van der Waals surface area contributed by atoms with Gasteiger partial charge in [-0.3, -0.25) is 9.48 Å². The monoisotopic (exact) mass is 197 g/mol. The minimum atomic E-state index is -0.767. The molecular formula is C9H15N3O2. The number of hydrogen-bond acceptors (Lipinski definition) is 3. The van der Waals surface area contributed by atoms with E-state index in [2.05, 4.69) is 10.1 Å². The Morgan fingerprint density at radius 3 is 2.71 bits per heavy atom. The predicted molar refractivity (Wildman–Crippen MR) is 50.9 cm³/mol. The molecule has 1 rings (SSSR count). The van der Waals surface area contributed by atoms with Crippen molar-refractivity contribution >= 4 is 5.97 Å². The van der Waals surface area contributed by atoms with E-state index in [1.54, 1.807) is 4.68 Å². The fourth-order valence-electron chi connectivity index (χ4n) is 1.42. The molecule has 78 valence electrons. The van der Waals surface area contributed by atoms with Crippen molar-refractivity contribution in [1.29, 1.82) is 0 Å². The van der Waals surface area contributed by atoms with E-state index in [9.17, 15) is 4.79 Å². The molecule has 0 saturated heterocycles. The minimum absolute atomic E-state index is 0.0924. The second-order valence-electron chi connectivity index (χ2n) is 3.61. The van der Waals surface area contributed by atoms with Crippen LogP contribution in [0, 0.1) is 12.8 Å². The maximum Gasteiger partial charge on any atom is 0.303 e. The van der Waals surface area contributed by atoms with Crippen LogP contribution in [0.25, 0.3) is 0 Å². The van der Waals surface area contributed by atoms with Crippen LogP contribution in [0.2, 0.25) is 0 Å². The lowest BCUT2D eigenvalue weighted by atomic mass is 10.0. The zero-order valence-electron chi connectivity index (χ0n) is 8.69. The number of aromatic nitrogens is 3. The molecule has 1 aromatic heterocycles. The lowest BCUT2D eigenvalue weighted by Crippen LogP contribution is -2.10. The molecular weight excluding hydrogens is 182 g/mol. The molecule has 0 radical (unpaired) electrons. The topological polar surface area (TPSA) is 68.0 Å². The zero-order chi connectivity index (χ0) is 10.7. The van der Waals surface area contributed by atoms with Crippen molar-refractivity contribution in [2.75, 3.05) is 0 Å². The van der Waals surface area contributed by atoms with Gasteiger partial charge in [-0.05, 0) is 12.8 Å². The summed E-state index contributed by atoms with van der Waals surface area (Å²) in [4.78, 5) is 14.7. The highest BCUT2D eigenvalue weighted by molar-refractivity contribution is 5.66. The summed E-state index contributed by atoms with van der Waals surface area (Å²) in [5, 5.41) is 12.7. The molecule has 0 aliphatic carbocycles. The molecule has 0 spiro atoms. The predicted octanol–water partition coefficient (Wildman–Crippen LogP) is 0.777. The zero-order valence-corrected chi connectivity index (χ0v) is 8.69. The van der Waals surface area contributed by atoms with Crippen molar-refractivity contribution in [2.24, 2.45) is 13.0 Å². The Bertz CT molecular complexity index is 333. The summed E-state index contributed by atoms with van der Waals surface area (Å²) in [5.74, 6) is 0.896. The molecule has 0 aliphatic heterocycles. The summed E-state index contributed by atoms with van der Waals surface area (Å²) in [6, 6.07) is 0. The van der Waals surface area contributed by atoms with E-state index in [0.29, 0.717) is 6.42 Å². The maximum atomic E-state index is 10.4. The summed E-state index contributed by atoms with van der Waals surface area (Å²) in [6.07, 6.45) is 0.829. The number of nitrogens with zero attached hydrogens (tertiary/aromatic N) is 3. The average molecular weight is 197 g/mol. The van der Waals surface area contributed by atoms with Gasteiger partial charge in [0.15, 0.2) is 0 Å². The SMILES string of the molecule is Cc1nc(CC(C)CC(=O)O)n(C)n1. The van der Waals surface area contributed by atoms with Crippen LogP contribution in [0.1, 0.15) is 25.0 Å². The molecule has 1 N–H and O–H groups in total. The lowest BCUT2D eigenvalue weighted by Gasteiger charge is -2.06. The van der Waals surface area contributed by atoms with Crippen LogP contribution >= 0.6 is 0 Å². The van der Waals surface area contributed by atoms with E-state index in [1.165, 1.54) is 0 Å². The molecule has 5 nitrogen and oxygen atoms in total. The molecule has 0 amide bonds. The summed E-state index contributed by atoms with van der Waals surface area (Å²) < 4.78 is 1.70. The number of carbonyl (C=O) groups is 1. The van der Waals surface area contributed by atoms with Crippen LogP contribution < -0.4 is 0 Å². The Morgan fingerprint density at radius 2 is 2.29 bits per heavy atom. The Morgan fingerprint density at radius 1 is 1.64 bits per heavy atom. The van der Waals surface area contributed by atoms with E-state index in [1.807, 2.05) is 20.9 Å². The highest BCUT2D eigenvalue weighted by Crippen LogP contribution is 2.09. The van der Waals surface area contributed by atoms with Gasteiger partial charge in [0.2, 0.25) is 0 Å². The van der Waals surface area contributed by atoms with Gasteiger partial charge in [-0.1, -0.05) is 6.92 Å². The molecule has 5 heteroatoms. The maximum absolute atomic E-state index is 10.4. The van der Waals surface area contributed by atoms with E-state index in [0.717, 1.165) is 11.6 Å². The van der Waals surface area contributed by atoms with Gasteiger partial charge in [0.1, 0.15) is 11.6 Å². The second-order valence-corrected chi connectivity index (χ2v) is 3.61. The van der Waals surface area contributed by atoms with Gasteiger partial charge in [-0.25, -0.2) is 4.98 Å². The quantitative estimate of drug-likeness (QED) is 0.774. The Hall–Kier alpha value is -1.39. The van der Waals surface area contributed by atoms with Gasteiger partial charge in [0.05, 0.1) is 0 Å². The first-order valence-electron chi connectivity index (χ1n) is 4.57. The van der Waals surface area contributed by atoms with E-state index >= 15 is 0 Å². The highest BCUT2D eigenvalue weighted by atomic mass is 16.4. The number of rotatable bonds is 4. The molecule has 0 aromatic carbocycles. The number of carboxylic acids is 1. The molecule has 0 fully saturated rings. The van der Waals surface area contributed by atoms with Crippen LogP contribution in [0.4, 0.5) is 0 Å². The first-order valence-corrected chi connectivity index (χ1v) is 4.57. The van der Waals surface area contributed by atoms with Crippen molar-refractivity contribution in [3.63, 3.8) is 0 Å². The van der Waals surface area contributed by atoms with Crippen molar-refractivity contribution < 1.29 is 9.90 Å². The largest absolute Gasteiger partial charge is 0.481 e. The van der Waals surface area contributed by atoms with Gasteiger partial charge in [0, 0.05) is 19.9 Å². The summed E-state index contributed by atoms with van der Waals surface area (Å²) in [5.41, 5.74) is 0. The Kier molecular flexibility index (Phi) is 3.22. The van der Waals surface area contributed by atoms with Crippen molar-refractivity contribution in [1.82, 2.24) is 14.8 Å². The lowest BCUT2D eigenvalue weighted by molar-refractivity contribution is -0.137. The van der Waals surface area contributed by atoms with Crippen molar-refractivity contribution in [2.45, 2.75) is 26.7 Å². The third-order valence-electron chi connectivity index (χ3n) is 2.01. The van der Waals surface area contributed by atoms with E-state index in [4.69, 9.17) is 5.11 Å². The second kappa shape index (κ2) is 4.21. The highest BCUT2D eigenvalue weighted by Gasteiger charge is 2.12. The number of hydrogen-bond donors (Lipinski definition) is 1. The fraction of sp³-hybridized carbons (Fsp3) is 0.667. The van der Waals surface area contributed by atoms with E-state index < -0.39 is 5.97 Å². The number of carboxylic acid groups (broad SMARTS) is 1. The van der Waals surface area contributed by atoms with Gasteiger partial charge in [-0.15, -0.1) is 0 Å². The van der Waals surface area contributed by atoms with Crippen molar-refractivity contribution in [3.05, 3.63) is 11.6 Å². The minimum Gasteiger partial charge on any atom is -0.481 e. The third-order valence-corrected chi connectivity index (χ3v) is 2.01. The smallest absolute Gasteiger partial charge is 0.303 e. The third kappa shape index (κ3) is 2.83. The van der Waals surface area contributed by atoms with Crippen LogP contribution in [0.5, 0.6) is 0 Å². The summed E-state index contributed by atoms with van der Waals surface area (Å²) in [7, 11) is 1.82. The van der Waals surface area contributed by atoms with Crippen LogP contribution in [0.3, 0.4) is 0 Å². The molecule has 14 heavy (non-hydrogen) atoms. The molecule has 1 unspecified atom stereocenters. The molecule has 1 atom stereocenters. The molecule has 1 heterocycles. The first-order chi connectivity index (χ1) is 6.49. The van der Waals surface area contributed by atoms with Crippen molar-refractivity contribution in [3.8, 4) is 0 Å². The van der Waals surface area contributed by atoms with E-state index in [-0.39, 0.29) is 12.3 Å². The molecule has 0 bridgehead atoms. The summed E-state index contributed by atoms with van der Waals surface area (Å²) >= 11 is 0. The van der Waals surface area contributed by atoms with Gasteiger partial charge >= 0.3 is 5.97 Å². The number of aliphatic carboxylic acids is 1.